The number of aliphatic hydroxyl groups excluding tert-OH is 4. The van der Waals surface area contributed by atoms with Gasteiger partial charge in [0.05, 0.1) is 26.4 Å². The first-order chi connectivity index (χ1) is 18.1. The lowest BCUT2D eigenvalue weighted by Gasteiger charge is -2.39. The molecule has 3 aromatic carbocycles. The molecule has 188 valence electrons. The van der Waals surface area contributed by atoms with Crippen LogP contribution >= 0.6 is 0 Å². The van der Waals surface area contributed by atoms with Gasteiger partial charge in [-0.2, -0.15) is 0 Å². The van der Waals surface area contributed by atoms with E-state index in [0.29, 0.717) is 22.9 Å². The maximum Gasteiger partial charge on any atom is 0.495 e. The molecular formula is C27H26BN3O6. The van der Waals surface area contributed by atoms with Gasteiger partial charge in [0, 0.05) is 16.7 Å². The minimum absolute atomic E-state index is 0.479. The predicted molar refractivity (Wildman–Crippen MR) is 137 cm³/mol. The topological polar surface area (TPSA) is 138 Å². The van der Waals surface area contributed by atoms with Crippen molar-refractivity contribution in [1.82, 2.24) is 15.0 Å². The zero-order chi connectivity index (χ0) is 25.9. The van der Waals surface area contributed by atoms with Crippen molar-refractivity contribution in [1.29, 1.82) is 0 Å². The second-order valence-electron chi connectivity index (χ2n) is 8.85. The van der Waals surface area contributed by atoms with Crippen molar-refractivity contribution in [3.63, 3.8) is 0 Å². The van der Waals surface area contributed by atoms with E-state index in [-0.39, 0.29) is 0 Å². The van der Waals surface area contributed by atoms with Crippen LogP contribution in [0.15, 0.2) is 84.9 Å². The number of hydrogen-bond donors (Lipinski definition) is 4. The molecule has 4 aromatic rings. The fourth-order valence-electron chi connectivity index (χ4n) is 4.34. The monoisotopic (exact) mass is 499 g/mol. The number of aromatic nitrogens is 3. The van der Waals surface area contributed by atoms with Crippen molar-refractivity contribution in [3.8, 4) is 34.2 Å². The minimum atomic E-state index is -1.66. The Morgan fingerprint density at radius 2 is 0.865 bits per heavy atom. The minimum Gasteiger partial charge on any atom is -0.394 e. The Bertz CT molecular complexity index is 1260. The van der Waals surface area contributed by atoms with Crippen molar-refractivity contribution in [2.75, 3.05) is 26.4 Å². The fraction of sp³-hybridized carbons (Fsp3) is 0.222. The summed E-state index contributed by atoms with van der Waals surface area (Å²) >= 11 is 0. The summed E-state index contributed by atoms with van der Waals surface area (Å²) in [6.45, 7) is -2.58. The Morgan fingerprint density at radius 1 is 0.514 bits per heavy atom. The van der Waals surface area contributed by atoms with Crippen LogP contribution in [-0.4, -0.2) is 80.1 Å². The second-order valence-corrected chi connectivity index (χ2v) is 8.85. The van der Waals surface area contributed by atoms with Gasteiger partial charge in [-0.1, -0.05) is 84.9 Å². The normalized spacial score (nSPS) is 16.2. The van der Waals surface area contributed by atoms with Crippen molar-refractivity contribution in [2.45, 2.75) is 11.2 Å². The molecule has 0 spiro atoms. The van der Waals surface area contributed by atoms with E-state index in [4.69, 9.17) is 24.3 Å². The molecule has 5 rings (SSSR count). The van der Waals surface area contributed by atoms with Gasteiger partial charge in [-0.05, 0) is 5.46 Å². The molecule has 1 saturated heterocycles. The molecule has 0 atom stereocenters. The number of hydrogen-bond acceptors (Lipinski definition) is 9. The summed E-state index contributed by atoms with van der Waals surface area (Å²) in [5, 5.41) is 39.6. The summed E-state index contributed by atoms with van der Waals surface area (Å²) < 4.78 is 11.7. The van der Waals surface area contributed by atoms with Crippen LogP contribution in [0.1, 0.15) is 0 Å². The molecule has 0 unspecified atom stereocenters. The van der Waals surface area contributed by atoms with Gasteiger partial charge >= 0.3 is 7.12 Å². The van der Waals surface area contributed by atoms with E-state index in [2.05, 4.69) is 0 Å². The van der Waals surface area contributed by atoms with Crippen LogP contribution in [0.5, 0.6) is 0 Å². The number of rotatable bonds is 8. The fourth-order valence-corrected chi connectivity index (χ4v) is 4.34. The number of aliphatic hydroxyl groups is 4. The van der Waals surface area contributed by atoms with E-state index in [0.717, 1.165) is 16.7 Å². The Hall–Kier alpha value is -3.51. The van der Waals surface area contributed by atoms with Crippen LogP contribution < -0.4 is 5.46 Å². The highest BCUT2D eigenvalue weighted by Gasteiger charge is 2.62. The van der Waals surface area contributed by atoms with Crippen LogP contribution in [0.2, 0.25) is 0 Å². The lowest BCUT2D eigenvalue weighted by Crippen LogP contribution is -2.61. The van der Waals surface area contributed by atoms with Crippen molar-refractivity contribution in [2.24, 2.45) is 0 Å². The molecule has 2 heterocycles. The second kappa shape index (κ2) is 10.5. The van der Waals surface area contributed by atoms with E-state index < -0.39 is 44.7 Å². The summed E-state index contributed by atoms with van der Waals surface area (Å²) in [7, 11) is -1.02. The average molecular weight is 499 g/mol. The molecule has 0 saturated carbocycles. The molecule has 1 aliphatic rings. The van der Waals surface area contributed by atoms with E-state index in [1.165, 1.54) is 0 Å². The maximum atomic E-state index is 9.90. The Morgan fingerprint density at radius 3 is 1.22 bits per heavy atom. The molecule has 0 amide bonds. The molecule has 0 radical (unpaired) electrons. The first-order valence-corrected chi connectivity index (χ1v) is 11.8. The quantitative estimate of drug-likeness (QED) is 0.262. The Kier molecular flexibility index (Phi) is 7.12. The van der Waals surface area contributed by atoms with Crippen LogP contribution in [0.25, 0.3) is 34.2 Å². The van der Waals surface area contributed by atoms with Crippen LogP contribution in [-0.2, 0) is 9.31 Å². The van der Waals surface area contributed by atoms with Gasteiger partial charge in [-0.3, -0.25) is 0 Å². The highest BCUT2D eigenvalue weighted by atomic mass is 16.7. The van der Waals surface area contributed by atoms with Crippen LogP contribution in [0.4, 0.5) is 0 Å². The Balaban J connectivity index is 1.51. The highest BCUT2D eigenvalue weighted by molar-refractivity contribution is 6.62. The SMILES string of the molecule is OCC1(CO)OB(c2ccc(-c3nc(-c4ccccc4)nc(-c4ccccc4)n3)cc2)OC1(CO)CO. The van der Waals surface area contributed by atoms with E-state index in [9.17, 15) is 20.4 Å². The Labute approximate surface area is 214 Å². The molecule has 37 heavy (non-hydrogen) atoms. The lowest BCUT2D eigenvalue weighted by molar-refractivity contribution is -0.147. The van der Waals surface area contributed by atoms with Gasteiger partial charge in [0.15, 0.2) is 17.5 Å². The third-order valence-corrected chi connectivity index (χ3v) is 6.66. The molecular weight excluding hydrogens is 473 g/mol. The maximum absolute atomic E-state index is 9.90. The molecule has 10 heteroatoms. The molecule has 1 fully saturated rings. The van der Waals surface area contributed by atoms with Crippen LogP contribution in [0.3, 0.4) is 0 Å². The molecule has 1 aliphatic heterocycles. The molecule has 0 bridgehead atoms. The molecule has 1 aromatic heterocycles. The van der Waals surface area contributed by atoms with Gasteiger partial charge in [-0.25, -0.2) is 15.0 Å². The smallest absolute Gasteiger partial charge is 0.394 e. The first-order valence-electron chi connectivity index (χ1n) is 11.8. The van der Waals surface area contributed by atoms with E-state index in [1.54, 1.807) is 24.3 Å². The highest BCUT2D eigenvalue weighted by Crippen LogP contribution is 2.37. The largest absolute Gasteiger partial charge is 0.495 e. The van der Waals surface area contributed by atoms with Crippen LogP contribution in [0, 0.1) is 0 Å². The predicted octanol–water partition coefficient (Wildman–Crippen LogP) is 1.06. The van der Waals surface area contributed by atoms with E-state index in [1.807, 2.05) is 60.7 Å². The van der Waals surface area contributed by atoms with Crippen molar-refractivity contribution >= 4 is 12.6 Å². The third-order valence-electron chi connectivity index (χ3n) is 6.66. The lowest BCUT2D eigenvalue weighted by atomic mass is 9.79. The van der Waals surface area contributed by atoms with Gasteiger partial charge in [0.1, 0.15) is 11.2 Å². The van der Waals surface area contributed by atoms with Gasteiger partial charge in [0.2, 0.25) is 0 Å². The summed E-state index contributed by atoms with van der Waals surface area (Å²) in [5.41, 5.74) is -0.307. The first kappa shape index (κ1) is 25.2. The summed E-state index contributed by atoms with van der Waals surface area (Å²) in [6.07, 6.45) is 0. The number of benzene rings is 3. The van der Waals surface area contributed by atoms with Gasteiger partial charge in [-0.15, -0.1) is 0 Å². The van der Waals surface area contributed by atoms with E-state index >= 15 is 0 Å². The third kappa shape index (κ3) is 4.55. The summed E-state index contributed by atoms with van der Waals surface area (Å²) in [6, 6.07) is 26.4. The zero-order valence-electron chi connectivity index (χ0n) is 19.9. The van der Waals surface area contributed by atoms with Crippen molar-refractivity contribution in [3.05, 3.63) is 84.9 Å². The summed E-state index contributed by atoms with van der Waals surface area (Å²) in [5.74, 6) is 1.57. The average Bonchev–Trinajstić information content (AvgIpc) is 3.33. The van der Waals surface area contributed by atoms with Gasteiger partial charge < -0.3 is 29.7 Å². The zero-order valence-corrected chi connectivity index (χ0v) is 19.9. The molecule has 4 N–H and O–H groups in total. The molecule has 9 nitrogen and oxygen atoms in total. The van der Waals surface area contributed by atoms with Gasteiger partial charge in [0.25, 0.3) is 0 Å². The number of nitrogens with zero attached hydrogens (tertiary/aromatic N) is 3. The standard InChI is InChI=1S/C27H26BN3O6/c32-15-26(16-33)27(17-34,18-35)37-28(36-26)22-13-11-21(12-14-22)25-30-23(19-7-3-1-4-8-19)29-24(31-25)20-9-5-2-6-10-20/h1-14,32-35H,15-18H2. The van der Waals surface area contributed by atoms with Crippen molar-refractivity contribution < 1.29 is 29.7 Å². The molecule has 0 aliphatic carbocycles. The summed E-state index contributed by atoms with van der Waals surface area (Å²) in [4.78, 5) is 14.1.